The van der Waals surface area contributed by atoms with Gasteiger partial charge in [-0.2, -0.15) is 0 Å². The lowest BCUT2D eigenvalue weighted by atomic mass is 9.92. The minimum Gasteiger partial charge on any atom is -0.502 e. The number of likely N-dealkylation sites (tertiary alicyclic amines) is 1. The molecular weight excluding hydrogens is 395 g/mol. The molecule has 2 aliphatic heterocycles. The summed E-state index contributed by atoms with van der Waals surface area (Å²) in [5.74, 6) is -2.25. The number of hydrogen-bond donors (Lipinski definition) is 3. The van der Waals surface area contributed by atoms with Crippen LogP contribution in [0.15, 0.2) is 30.2 Å². The smallest absolute Gasteiger partial charge is 0.292 e. The third-order valence-electron chi connectivity index (χ3n) is 5.66. The summed E-state index contributed by atoms with van der Waals surface area (Å²) in [5.41, 5.74) is -1.07. The van der Waals surface area contributed by atoms with E-state index in [0.29, 0.717) is 24.9 Å². The highest BCUT2D eigenvalue weighted by Crippen LogP contribution is 2.33. The number of aliphatic hydroxyl groups is 1. The van der Waals surface area contributed by atoms with Crippen molar-refractivity contribution >= 4 is 17.7 Å². The number of nitrogens with one attached hydrogen (secondary N) is 2. The molecular formula is C20H25FN4O5. The maximum atomic E-state index is 13.4. The summed E-state index contributed by atoms with van der Waals surface area (Å²) in [4.78, 5) is 40.8. The molecule has 1 aromatic rings. The standard InChI is InChI=1S/C20H25FN4O5/c1-12(26)25-8-4-5-17(25)20(23-11-15(27)18(28)24(20)2)19(29)22-10-13-6-7-14(21)9-16(13)30-3/h6-7,9,11,17,23,27H,4-5,8,10H2,1-3H3,(H,22,29)/t17-,20?/m0/s1. The molecule has 3 amide bonds. The Kier molecular flexibility index (Phi) is 5.86. The van der Waals surface area contributed by atoms with Gasteiger partial charge in [0.15, 0.2) is 5.76 Å². The van der Waals surface area contributed by atoms with Crippen LogP contribution < -0.4 is 15.4 Å². The number of aliphatic hydroxyl groups excluding tert-OH is 1. The van der Waals surface area contributed by atoms with Gasteiger partial charge in [-0.25, -0.2) is 4.39 Å². The van der Waals surface area contributed by atoms with E-state index in [2.05, 4.69) is 10.6 Å². The average molecular weight is 420 g/mol. The molecule has 1 fully saturated rings. The predicted molar refractivity (Wildman–Crippen MR) is 105 cm³/mol. The third-order valence-corrected chi connectivity index (χ3v) is 5.66. The van der Waals surface area contributed by atoms with Gasteiger partial charge >= 0.3 is 0 Å². The van der Waals surface area contributed by atoms with Gasteiger partial charge in [-0.3, -0.25) is 14.4 Å². The van der Waals surface area contributed by atoms with Gasteiger partial charge in [0, 0.05) is 44.9 Å². The largest absolute Gasteiger partial charge is 0.502 e. The Morgan fingerprint density at radius 1 is 1.43 bits per heavy atom. The number of methoxy groups -OCH3 is 1. The Labute approximate surface area is 173 Å². The summed E-state index contributed by atoms with van der Waals surface area (Å²) in [5, 5.41) is 15.4. The van der Waals surface area contributed by atoms with Crippen LogP contribution in [-0.2, 0) is 20.9 Å². The number of rotatable bonds is 5. The number of benzene rings is 1. The van der Waals surface area contributed by atoms with Crippen molar-refractivity contribution in [1.82, 2.24) is 20.4 Å². The number of carbonyl (C=O) groups excluding carboxylic acids is 3. The molecule has 30 heavy (non-hydrogen) atoms. The molecule has 0 radical (unpaired) electrons. The highest BCUT2D eigenvalue weighted by Gasteiger charge is 2.56. The van der Waals surface area contributed by atoms with Gasteiger partial charge in [0.1, 0.15) is 11.6 Å². The Bertz CT molecular complexity index is 905. The van der Waals surface area contributed by atoms with Gasteiger partial charge in [-0.05, 0) is 18.9 Å². The molecule has 2 atom stereocenters. The highest BCUT2D eigenvalue weighted by atomic mass is 19.1. The van der Waals surface area contributed by atoms with Crippen LogP contribution >= 0.6 is 0 Å². The minimum atomic E-state index is -1.61. The van der Waals surface area contributed by atoms with E-state index < -0.39 is 35.1 Å². The Morgan fingerprint density at radius 3 is 2.83 bits per heavy atom. The lowest BCUT2D eigenvalue weighted by Gasteiger charge is -2.48. The maximum Gasteiger partial charge on any atom is 0.292 e. The number of hydrogen-bond acceptors (Lipinski definition) is 6. The zero-order valence-electron chi connectivity index (χ0n) is 17.1. The Morgan fingerprint density at radius 2 is 2.17 bits per heavy atom. The minimum absolute atomic E-state index is 0.0102. The average Bonchev–Trinajstić information content (AvgIpc) is 3.22. The van der Waals surface area contributed by atoms with E-state index in [1.807, 2.05) is 0 Å². The van der Waals surface area contributed by atoms with E-state index in [-0.39, 0.29) is 18.2 Å². The molecule has 0 saturated carbocycles. The topological polar surface area (TPSA) is 111 Å². The van der Waals surface area contributed by atoms with Gasteiger partial charge in [0.2, 0.25) is 11.6 Å². The van der Waals surface area contributed by atoms with Gasteiger partial charge in [-0.1, -0.05) is 6.07 Å². The maximum absolute atomic E-state index is 13.4. The normalized spacial score (nSPS) is 23.7. The van der Waals surface area contributed by atoms with Gasteiger partial charge < -0.3 is 30.3 Å². The van der Waals surface area contributed by atoms with Crippen LogP contribution in [0.4, 0.5) is 4.39 Å². The zero-order chi connectivity index (χ0) is 22.1. The van der Waals surface area contributed by atoms with Crippen molar-refractivity contribution in [3.63, 3.8) is 0 Å². The molecule has 2 heterocycles. The number of ether oxygens (including phenoxy) is 1. The van der Waals surface area contributed by atoms with Crippen molar-refractivity contribution in [2.75, 3.05) is 20.7 Å². The second kappa shape index (κ2) is 8.21. The fraction of sp³-hybridized carbons (Fsp3) is 0.450. The molecule has 0 spiro atoms. The summed E-state index contributed by atoms with van der Waals surface area (Å²) >= 11 is 0. The fourth-order valence-electron chi connectivity index (χ4n) is 4.11. The number of nitrogens with zero attached hydrogens (tertiary/aromatic N) is 2. The molecule has 2 aliphatic rings. The third kappa shape index (κ3) is 3.53. The summed E-state index contributed by atoms with van der Waals surface area (Å²) < 4.78 is 18.6. The van der Waals surface area contributed by atoms with Gasteiger partial charge in [0.05, 0.1) is 13.2 Å². The predicted octanol–water partition coefficient (Wildman–Crippen LogP) is 0.619. The molecule has 1 saturated heterocycles. The molecule has 162 valence electrons. The van der Waals surface area contributed by atoms with Crippen LogP contribution in [0.5, 0.6) is 5.75 Å². The molecule has 0 aliphatic carbocycles. The Hall–Kier alpha value is -3.30. The van der Waals surface area contributed by atoms with Crippen molar-refractivity contribution in [2.45, 2.75) is 38.0 Å². The van der Waals surface area contributed by atoms with Crippen LogP contribution in [0.3, 0.4) is 0 Å². The van der Waals surface area contributed by atoms with E-state index in [0.717, 1.165) is 11.1 Å². The van der Waals surface area contributed by atoms with Crippen molar-refractivity contribution in [1.29, 1.82) is 0 Å². The number of likely N-dealkylation sites (N-methyl/N-ethyl adjacent to an activating group) is 1. The summed E-state index contributed by atoms with van der Waals surface area (Å²) in [7, 11) is 2.79. The molecule has 10 heteroatoms. The van der Waals surface area contributed by atoms with Crippen LogP contribution in [0, 0.1) is 5.82 Å². The molecule has 1 aromatic carbocycles. The van der Waals surface area contributed by atoms with E-state index in [1.54, 1.807) is 4.90 Å². The van der Waals surface area contributed by atoms with Crippen LogP contribution in [0.1, 0.15) is 25.3 Å². The monoisotopic (exact) mass is 420 g/mol. The van der Waals surface area contributed by atoms with E-state index in [9.17, 15) is 23.9 Å². The number of amides is 3. The zero-order valence-corrected chi connectivity index (χ0v) is 17.1. The van der Waals surface area contributed by atoms with Crippen molar-refractivity contribution in [3.05, 3.63) is 41.5 Å². The second-order valence-electron chi connectivity index (χ2n) is 7.31. The van der Waals surface area contributed by atoms with Crippen molar-refractivity contribution < 1.29 is 28.6 Å². The number of halogens is 1. The second-order valence-corrected chi connectivity index (χ2v) is 7.31. The first kappa shape index (κ1) is 21.4. The summed E-state index contributed by atoms with van der Waals surface area (Å²) in [6.07, 6.45) is 2.24. The first-order valence-corrected chi connectivity index (χ1v) is 9.55. The molecule has 0 bridgehead atoms. The quantitative estimate of drug-likeness (QED) is 0.644. The van der Waals surface area contributed by atoms with Gasteiger partial charge in [0.25, 0.3) is 11.8 Å². The lowest BCUT2D eigenvalue weighted by molar-refractivity contribution is -0.156. The molecule has 9 nitrogen and oxygen atoms in total. The molecule has 3 rings (SSSR count). The highest BCUT2D eigenvalue weighted by molar-refractivity contribution is 5.99. The molecule has 0 aromatic heterocycles. The lowest BCUT2D eigenvalue weighted by Crippen LogP contribution is -2.76. The molecule has 1 unspecified atom stereocenters. The molecule has 3 N–H and O–H groups in total. The Balaban J connectivity index is 1.94. The van der Waals surface area contributed by atoms with Crippen molar-refractivity contribution in [2.24, 2.45) is 0 Å². The van der Waals surface area contributed by atoms with Crippen LogP contribution in [0.25, 0.3) is 0 Å². The van der Waals surface area contributed by atoms with E-state index in [4.69, 9.17) is 4.74 Å². The fourth-order valence-corrected chi connectivity index (χ4v) is 4.11. The van der Waals surface area contributed by atoms with Gasteiger partial charge in [-0.15, -0.1) is 0 Å². The van der Waals surface area contributed by atoms with Crippen LogP contribution in [0.2, 0.25) is 0 Å². The van der Waals surface area contributed by atoms with E-state index in [1.165, 1.54) is 39.3 Å². The first-order chi connectivity index (χ1) is 14.2. The first-order valence-electron chi connectivity index (χ1n) is 9.55. The summed E-state index contributed by atoms with van der Waals surface area (Å²) in [6.45, 7) is 1.88. The number of carbonyl (C=O) groups is 3. The SMILES string of the molecule is COc1cc(F)ccc1CNC(=O)C1([C@@H]2CCCN2C(C)=O)NC=C(O)C(=O)N1C. The van der Waals surface area contributed by atoms with E-state index >= 15 is 0 Å². The van der Waals surface area contributed by atoms with Crippen LogP contribution in [-0.4, -0.2) is 65.0 Å². The summed E-state index contributed by atoms with van der Waals surface area (Å²) in [6, 6.07) is 3.32. The van der Waals surface area contributed by atoms with Crippen molar-refractivity contribution in [3.8, 4) is 5.75 Å².